The Morgan fingerprint density at radius 2 is 2.20 bits per heavy atom. The number of hydrogen-bond donors (Lipinski definition) is 1. The second kappa shape index (κ2) is 6.61. The number of ether oxygens (including phenoxy) is 1. The molecule has 1 aliphatic carbocycles. The quantitative estimate of drug-likeness (QED) is 0.894. The maximum absolute atomic E-state index is 5.21. The van der Waals surface area contributed by atoms with Crippen LogP contribution in [0.2, 0.25) is 0 Å². The van der Waals surface area contributed by atoms with Crippen LogP contribution in [0, 0.1) is 18.8 Å². The van der Waals surface area contributed by atoms with Crippen LogP contribution in [-0.4, -0.2) is 29.3 Å². The fraction of sp³-hybridized carbons (Fsp3) is 0.812. The third-order valence-electron chi connectivity index (χ3n) is 4.67. The van der Waals surface area contributed by atoms with Crippen LogP contribution in [-0.2, 0) is 4.74 Å². The lowest BCUT2D eigenvalue weighted by Gasteiger charge is -2.36. The molecule has 0 aromatic carbocycles. The number of aryl methyl sites for hydroxylation is 1. The Morgan fingerprint density at radius 3 is 2.90 bits per heavy atom. The highest BCUT2D eigenvalue weighted by molar-refractivity contribution is 5.31. The topological polar surface area (TPSA) is 39.1 Å². The van der Waals surface area contributed by atoms with E-state index in [1.54, 1.807) is 7.11 Å². The van der Waals surface area contributed by atoms with E-state index in [0.29, 0.717) is 18.6 Å². The van der Waals surface area contributed by atoms with Gasteiger partial charge in [-0.2, -0.15) is 0 Å². The first-order valence-electron chi connectivity index (χ1n) is 7.83. The highest BCUT2D eigenvalue weighted by atomic mass is 16.5. The second-order valence-electron chi connectivity index (χ2n) is 6.45. The molecule has 20 heavy (non-hydrogen) atoms. The van der Waals surface area contributed by atoms with Gasteiger partial charge in [0.1, 0.15) is 0 Å². The van der Waals surface area contributed by atoms with E-state index >= 15 is 0 Å². The van der Waals surface area contributed by atoms with Gasteiger partial charge in [0.25, 0.3) is 0 Å². The normalized spacial score (nSPS) is 28.4. The minimum atomic E-state index is 0.275. The summed E-state index contributed by atoms with van der Waals surface area (Å²) in [5, 5.41) is 3.49. The van der Waals surface area contributed by atoms with Crippen LogP contribution in [0.1, 0.15) is 51.8 Å². The molecule has 4 atom stereocenters. The highest BCUT2D eigenvalue weighted by Crippen LogP contribution is 2.39. The zero-order valence-electron chi connectivity index (χ0n) is 13.5. The van der Waals surface area contributed by atoms with Gasteiger partial charge in [-0.25, -0.2) is 4.98 Å². The molecule has 1 fully saturated rings. The van der Waals surface area contributed by atoms with Crippen LogP contribution >= 0.6 is 0 Å². The van der Waals surface area contributed by atoms with Crippen LogP contribution in [0.25, 0.3) is 0 Å². The van der Waals surface area contributed by atoms with Gasteiger partial charge in [0.05, 0.1) is 12.3 Å². The second-order valence-corrected chi connectivity index (χ2v) is 6.45. The Labute approximate surface area is 122 Å². The molecule has 1 N–H and O–H groups in total. The molecule has 0 bridgehead atoms. The number of hydrogen-bond acceptors (Lipinski definition) is 3. The zero-order chi connectivity index (χ0) is 14.7. The molecule has 4 heteroatoms. The van der Waals surface area contributed by atoms with E-state index in [0.717, 1.165) is 17.6 Å². The summed E-state index contributed by atoms with van der Waals surface area (Å²) in [7, 11) is 1.74. The van der Waals surface area contributed by atoms with Crippen LogP contribution in [0.3, 0.4) is 0 Å². The van der Waals surface area contributed by atoms with Crippen molar-refractivity contribution in [1.82, 2.24) is 9.55 Å². The van der Waals surface area contributed by atoms with Crippen LogP contribution < -0.4 is 5.32 Å². The van der Waals surface area contributed by atoms with Gasteiger partial charge in [-0.05, 0) is 32.1 Å². The Morgan fingerprint density at radius 1 is 1.45 bits per heavy atom. The van der Waals surface area contributed by atoms with Gasteiger partial charge >= 0.3 is 0 Å². The van der Waals surface area contributed by atoms with Crippen molar-refractivity contribution in [3.8, 4) is 0 Å². The molecule has 0 saturated heterocycles. The first-order chi connectivity index (χ1) is 9.52. The predicted molar refractivity (Wildman–Crippen MR) is 83.1 cm³/mol. The van der Waals surface area contributed by atoms with Crippen molar-refractivity contribution < 1.29 is 4.74 Å². The highest BCUT2D eigenvalue weighted by Gasteiger charge is 2.30. The van der Waals surface area contributed by atoms with Crippen LogP contribution in [0.4, 0.5) is 5.95 Å². The summed E-state index contributed by atoms with van der Waals surface area (Å²) < 4.78 is 7.57. The van der Waals surface area contributed by atoms with E-state index < -0.39 is 0 Å². The van der Waals surface area contributed by atoms with E-state index in [1.807, 2.05) is 0 Å². The molecule has 1 saturated carbocycles. The number of nitrogens with one attached hydrogen (secondary N) is 1. The van der Waals surface area contributed by atoms with Crippen molar-refractivity contribution in [2.24, 2.45) is 11.8 Å². The molecule has 1 aromatic heterocycles. The van der Waals surface area contributed by atoms with Gasteiger partial charge in [0.15, 0.2) is 0 Å². The summed E-state index contributed by atoms with van der Waals surface area (Å²) in [6, 6.07) is 0.842. The van der Waals surface area contributed by atoms with Gasteiger partial charge < -0.3 is 14.6 Å². The van der Waals surface area contributed by atoms with Gasteiger partial charge in [-0.15, -0.1) is 0 Å². The number of methoxy groups -OCH3 is 1. The van der Waals surface area contributed by atoms with Gasteiger partial charge in [0.2, 0.25) is 5.95 Å². The molecule has 4 unspecified atom stereocenters. The maximum Gasteiger partial charge on any atom is 0.203 e. The Bertz CT molecular complexity index is 429. The summed E-state index contributed by atoms with van der Waals surface area (Å²) in [4.78, 5) is 4.66. The summed E-state index contributed by atoms with van der Waals surface area (Å²) >= 11 is 0. The molecular formula is C16H29N3O. The predicted octanol–water partition coefficient (Wildman–Crippen LogP) is 3.64. The average Bonchev–Trinajstić information content (AvgIpc) is 2.74. The standard InChI is InChI=1S/C16H29N3O/c1-11-7-6-8-15(14(11)4)19-9-12(2)17-16(19)18-13(3)10-20-5/h9,11,13-15H,6-8,10H2,1-5H3,(H,17,18). The van der Waals surface area contributed by atoms with E-state index in [9.17, 15) is 0 Å². The molecule has 1 aromatic rings. The summed E-state index contributed by atoms with van der Waals surface area (Å²) in [6.07, 6.45) is 6.13. The van der Waals surface area contributed by atoms with Gasteiger partial charge in [-0.3, -0.25) is 0 Å². The number of anilines is 1. The minimum absolute atomic E-state index is 0.275. The number of imidazole rings is 1. The molecule has 4 nitrogen and oxygen atoms in total. The SMILES string of the molecule is COCC(C)Nc1nc(C)cn1C1CCCC(C)C1C. The lowest BCUT2D eigenvalue weighted by molar-refractivity contribution is 0.183. The molecule has 114 valence electrons. The summed E-state index contributed by atoms with van der Waals surface area (Å²) in [5.41, 5.74) is 1.09. The van der Waals surface area contributed by atoms with Crippen molar-refractivity contribution in [2.75, 3.05) is 19.0 Å². The molecule has 0 amide bonds. The van der Waals surface area contributed by atoms with E-state index in [-0.39, 0.29) is 6.04 Å². The molecule has 2 rings (SSSR count). The van der Waals surface area contributed by atoms with Gasteiger partial charge in [0, 0.05) is 25.4 Å². The van der Waals surface area contributed by atoms with Crippen molar-refractivity contribution in [2.45, 2.75) is 59.0 Å². The summed E-state index contributed by atoms with van der Waals surface area (Å²) in [5.74, 6) is 2.49. The Kier molecular flexibility index (Phi) is 5.08. The molecule has 1 aliphatic rings. The van der Waals surface area contributed by atoms with E-state index in [2.05, 4.69) is 48.8 Å². The molecule has 0 aliphatic heterocycles. The van der Waals surface area contributed by atoms with Crippen molar-refractivity contribution in [3.05, 3.63) is 11.9 Å². The first-order valence-corrected chi connectivity index (χ1v) is 7.83. The average molecular weight is 279 g/mol. The van der Waals surface area contributed by atoms with E-state index in [4.69, 9.17) is 4.74 Å². The lowest BCUT2D eigenvalue weighted by atomic mass is 9.78. The third-order valence-corrected chi connectivity index (χ3v) is 4.67. The lowest BCUT2D eigenvalue weighted by Crippen LogP contribution is -2.29. The number of aromatic nitrogens is 2. The van der Waals surface area contributed by atoms with Crippen molar-refractivity contribution in [1.29, 1.82) is 0 Å². The van der Waals surface area contributed by atoms with E-state index in [1.165, 1.54) is 19.3 Å². The maximum atomic E-state index is 5.21. The Hall–Kier alpha value is -1.03. The van der Waals surface area contributed by atoms with Crippen molar-refractivity contribution in [3.63, 3.8) is 0 Å². The summed E-state index contributed by atoms with van der Waals surface area (Å²) in [6.45, 7) is 9.65. The Balaban J connectivity index is 2.18. The monoisotopic (exact) mass is 279 g/mol. The molecule has 1 heterocycles. The third kappa shape index (κ3) is 3.35. The fourth-order valence-corrected chi connectivity index (χ4v) is 3.33. The van der Waals surface area contributed by atoms with Crippen LogP contribution in [0.5, 0.6) is 0 Å². The smallest absolute Gasteiger partial charge is 0.203 e. The zero-order valence-corrected chi connectivity index (χ0v) is 13.5. The largest absolute Gasteiger partial charge is 0.383 e. The van der Waals surface area contributed by atoms with Gasteiger partial charge in [-0.1, -0.05) is 26.7 Å². The van der Waals surface area contributed by atoms with Crippen LogP contribution in [0.15, 0.2) is 6.20 Å². The number of nitrogens with zero attached hydrogens (tertiary/aromatic N) is 2. The molecule has 0 spiro atoms. The number of rotatable bonds is 5. The first kappa shape index (κ1) is 15.4. The molecule has 0 radical (unpaired) electrons. The fourth-order valence-electron chi connectivity index (χ4n) is 3.33. The minimum Gasteiger partial charge on any atom is -0.383 e. The molecular weight excluding hydrogens is 250 g/mol. The van der Waals surface area contributed by atoms with Crippen molar-refractivity contribution >= 4 is 5.95 Å².